The lowest BCUT2D eigenvalue weighted by molar-refractivity contribution is 0.0696. The summed E-state index contributed by atoms with van der Waals surface area (Å²) in [6, 6.07) is 3.76. The number of benzene rings is 1. The molecular weight excluding hydrogens is 241 g/mol. The first-order valence-corrected chi connectivity index (χ1v) is 5.08. The van der Waals surface area contributed by atoms with Crippen LogP contribution in [-0.2, 0) is 0 Å². The molecule has 1 heterocycles. The van der Waals surface area contributed by atoms with Crippen molar-refractivity contribution < 1.29 is 23.6 Å². The number of aromatic nitrogens is 1. The lowest BCUT2D eigenvalue weighted by Gasteiger charge is -2.06. The van der Waals surface area contributed by atoms with Gasteiger partial charge in [0.2, 0.25) is 0 Å². The molecule has 0 amide bonds. The number of carboxylic acids is 1. The smallest absolute Gasteiger partial charge is 0.341 e. The van der Waals surface area contributed by atoms with Crippen LogP contribution in [0.5, 0.6) is 5.75 Å². The second kappa shape index (κ2) is 4.48. The second-order valence-corrected chi connectivity index (χ2v) is 3.62. The van der Waals surface area contributed by atoms with Crippen molar-refractivity contribution in [3.8, 4) is 17.1 Å². The van der Waals surface area contributed by atoms with Crippen LogP contribution < -0.4 is 4.74 Å². The van der Waals surface area contributed by atoms with Gasteiger partial charge in [-0.3, -0.25) is 0 Å². The van der Waals surface area contributed by atoms with E-state index in [9.17, 15) is 9.18 Å². The molecule has 1 aromatic heterocycles. The molecule has 0 bridgehead atoms. The normalized spacial score (nSPS) is 10.4. The average Bonchev–Trinajstić information content (AvgIpc) is 2.71. The zero-order chi connectivity index (χ0) is 13.3. The quantitative estimate of drug-likeness (QED) is 0.907. The first-order chi connectivity index (χ1) is 8.54. The molecule has 2 aromatic rings. The van der Waals surface area contributed by atoms with Crippen molar-refractivity contribution in [2.24, 2.45) is 0 Å². The molecule has 0 unspecified atom stereocenters. The number of ether oxygens (including phenoxy) is 1. The fourth-order valence-corrected chi connectivity index (χ4v) is 1.66. The van der Waals surface area contributed by atoms with Gasteiger partial charge in [-0.1, -0.05) is 5.16 Å². The second-order valence-electron chi connectivity index (χ2n) is 3.62. The van der Waals surface area contributed by atoms with Crippen molar-refractivity contribution >= 4 is 5.97 Å². The van der Waals surface area contributed by atoms with Crippen molar-refractivity contribution in [3.05, 3.63) is 35.3 Å². The molecule has 0 atom stereocenters. The highest BCUT2D eigenvalue weighted by Gasteiger charge is 2.23. The molecule has 0 aliphatic rings. The minimum Gasteiger partial charge on any atom is -0.496 e. The van der Waals surface area contributed by atoms with Crippen molar-refractivity contribution in [2.75, 3.05) is 7.11 Å². The van der Waals surface area contributed by atoms with Crippen LogP contribution in [0.15, 0.2) is 22.7 Å². The number of carboxylic acid groups (broad SMARTS) is 1. The first kappa shape index (κ1) is 12.1. The summed E-state index contributed by atoms with van der Waals surface area (Å²) < 4.78 is 23.3. The van der Waals surface area contributed by atoms with E-state index in [0.717, 1.165) is 6.07 Å². The van der Waals surface area contributed by atoms with E-state index in [-0.39, 0.29) is 22.6 Å². The molecule has 5 nitrogen and oxygen atoms in total. The van der Waals surface area contributed by atoms with Crippen LogP contribution in [0.2, 0.25) is 0 Å². The number of aromatic carboxylic acids is 1. The predicted octanol–water partition coefficient (Wildman–Crippen LogP) is 2.50. The summed E-state index contributed by atoms with van der Waals surface area (Å²) in [4.78, 5) is 11.1. The molecule has 94 valence electrons. The van der Waals surface area contributed by atoms with Crippen molar-refractivity contribution in [2.45, 2.75) is 6.92 Å². The Balaban J connectivity index is 2.69. The number of rotatable bonds is 3. The molecule has 2 rings (SSSR count). The summed E-state index contributed by atoms with van der Waals surface area (Å²) in [5.41, 5.74) is 0.346. The third-order valence-corrected chi connectivity index (χ3v) is 2.48. The summed E-state index contributed by atoms with van der Waals surface area (Å²) >= 11 is 0. The monoisotopic (exact) mass is 251 g/mol. The number of hydrogen-bond donors (Lipinski definition) is 1. The first-order valence-electron chi connectivity index (χ1n) is 5.08. The van der Waals surface area contributed by atoms with Crippen LogP contribution in [0.25, 0.3) is 11.3 Å². The van der Waals surface area contributed by atoms with E-state index in [0.29, 0.717) is 5.75 Å². The molecule has 0 saturated carbocycles. The number of methoxy groups -OCH3 is 1. The highest BCUT2D eigenvalue weighted by molar-refractivity contribution is 5.96. The maximum Gasteiger partial charge on any atom is 0.341 e. The predicted molar refractivity (Wildman–Crippen MR) is 60.1 cm³/mol. The summed E-state index contributed by atoms with van der Waals surface area (Å²) in [5.74, 6) is -1.40. The number of nitrogens with zero attached hydrogens (tertiary/aromatic N) is 1. The Bertz CT molecular complexity index is 606. The van der Waals surface area contributed by atoms with Gasteiger partial charge in [0, 0.05) is 0 Å². The Morgan fingerprint density at radius 2 is 2.22 bits per heavy atom. The number of halogens is 1. The van der Waals surface area contributed by atoms with Gasteiger partial charge in [0.1, 0.15) is 17.1 Å². The fourth-order valence-electron chi connectivity index (χ4n) is 1.66. The van der Waals surface area contributed by atoms with Gasteiger partial charge < -0.3 is 14.4 Å². The van der Waals surface area contributed by atoms with E-state index in [2.05, 4.69) is 5.16 Å². The van der Waals surface area contributed by atoms with E-state index in [1.54, 1.807) is 0 Å². The maximum absolute atomic E-state index is 13.2. The lowest BCUT2D eigenvalue weighted by Crippen LogP contribution is -2.00. The summed E-state index contributed by atoms with van der Waals surface area (Å²) in [5, 5.41) is 12.7. The lowest BCUT2D eigenvalue weighted by atomic mass is 10.1. The Morgan fingerprint density at radius 3 is 2.83 bits per heavy atom. The Hall–Kier alpha value is -2.37. The highest BCUT2D eigenvalue weighted by atomic mass is 19.1. The van der Waals surface area contributed by atoms with E-state index in [1.165, 1.54) is 26.2 Å². The third kappa shape index (κ3) is 1.92. The zero-order valence-corrected chi connectivity index (χ0v) is 9.73. The number of hydrogen-bond acceptors (Lipinski definition) is 4. The maximum atomic E-state index is 13.2. The zero-order valence-electron chi connectivity index (χ0n) is 9.73. The minimum absolute atomic E-state index is 0.0173. The molecule has 0 radical (unpaired) electrons. The van der Waals surface area contributed by atoms with Crippen molar-refractivity contribution in [1.29, 1.82) is 0 Å². The standard InChI is InChI=1S/C12H10FNO4/c1-6-10(12(15)16)11(18-14-6)8-5-7(13)3-4-9(8)17-2/h3-5H,1-2H3,(H,15,16). The molecule has 1 aromatic carbocycles. The van der Waals surface area contributed by atoms with E-state index in [1.807, 2.05) is 0 Å². The van der Waals surface area contributed by atoms with Crippen LogP contribution in [0, 0.1) is 12.7 Å². The largest absolute Gasteiger partial charge is 0.496 e. The molecule has 1 N–H and O–H groups in total. The molecule has 0 aliphatic carbocycles. The third-order valence-electron chi connectivity index (χ3n) is 2.48. The number of aryl methyl sites for hydroxylation is 1. The van der Waals surface area contributed by atoms with Crippen LogP contribution in [0.1, 0.15) is 16.1 Å². The van der Waals surface area contributed by atoms with Gasteiger partial charge in [0.05, 0.1) is 18.4 Å². The molecule has 0 spiro atoms. The Labute approximate surface area is 102 Å². The van der Waals surface area contributed by atoms with Gasteiger partial charge in [0.15, 0.2) is 5.76 Å². The summed E-state index contributed by atoms with van der Waals surface area (Å²) in [7, 11) is 1.40. The molecule has 0 saturated heterocycles. The minimum atomic E-state index is -1.19. The Kier molecular flexibility index (Phi) is 3.01. The van der Waals surface area contributed by atoms with Gasteiger partial charge in [-0.25, -0.2) is 9.18 Å². The van der Waals surface area contributed by atoms with Crippen molar-refractivity contribution in [3.63, 3.8) is 0 Å². The fraction of sp³-hybridized carbons (Fsp3) is 0.167. The number of carbonyl (C=O) groups is 1. The molecule has 18 heavy (non-hydrogen) atoms. The SMILES string of the molecule is COc1ccc(F)cc1-c1onc(C)c1C(=O)O. The molecule has 0 fully saturated rings. The molecular formula is C12H10FNO4. The van der Waals surface area contributed by atoms with Gasteiger partial charge in [-0.15, -0.1) is 0 Å². The average molecular weight is 251 g/mol. The van der Waals surface area contributed by atoms with Gasteiger partial charge in [-0.2, -0.15) is 0 Å². The van der Waals surface area contributed by atoms with E-state index in [4.69, 9.17) is 14.4 Å². The summed E-state index contributed by atoms with van der Waals surface area (Å²) in [6.45, 7) is 1.50. The van der Waals surface area contributed by atoms with Crippen LogP contribution in [0.3, 0.4) is 0 Å². The van der Waals surface area contributed by atoms with Crippen LogP contribution >= 0.6 is 0 Å². The highest BCUT2D eigenvalue weighted by Crippen LogP contribution is 2.34. The van der Waals surface area contributed by atoms with Gasteiger partial charge in [0.25, 0.3) is 0 Å². The van der Waals surface area contributed by atoms with E-state index < -0.39 is 11.8 Å². The van der Waals surface area contributed by atoms with Gasteiger partial charge in [-0.05, 0) is 25.1 Å². The van der Waals surface area contributed by atoms with Crippen LogP contribution in [-0.4, -0.2) is 23.3 Å². The Morgan fingerprint density at radius 1 is 1.50 bits per heavy atom. The van der Waals surface area contributed by atoms with E-state index >= 15 is 0 Å². The summed E-state index contributed by atoms with van der Waals surface area (Å²) in [6.07, 6.45) is 0. The molecule has 0 aliphatic heterocycles. The topological polar surface area (TPSA) is 72.6 Å². The molecule has 6 heteroatoms. The van der Waals surface area contributed by atoms with Crippen LogP contribution in [0.4, 0.5) is 4.39 Å². The van der Waals surface area contributed by atoms with Gasteiger partial charge >= 0.3 is 5.97 Å². The van der Waals surface area contributed by atoms with Crippen molar-refractivity contribution in [1.82, 2.24) is 5.16 Å².